The van der Waals surface area contributed by atoms with Crippen molar-refractivity contribution in [1.82, 2.24) is 9.97 Å². The van der Waals surface area contributed by atoms with Crippen LogP contribution in [0.4, 0.5) is 17.6 Å². The zero-order chi connectivity index (χ0) is 14.0. The third kappa shape index (κ3) is 3.11. The summed E-state index contributed by atoms with van der Waals surface area (Å²) >= 11 is 5.64. The Kier molecular flexibility index (Phi) is 3.57. The Labute approximate surface area is 109 Å². The molecule has 0 spiro atoms. The first-order valence-corrected chi connectivity index (χ1v) is 5.26. The molecule has 2 rings (SSSR count). The molecule has 100 valence electrons. The van der Waals surface area contributed by atoms with Gasteiger partial charge in [0.15, 0.2) is 10.9 Å². The van der Waals surface area contributed by atoms with Crippen LogP contribution in [-0.4, -0.2) is 9.97 Å². The summed E-state index contributed by atoms with van der Waals surface area (Å²) in [7, 11) is 0. The maximum Gasteiger partial charge on any atom is 0.420 e. The van der Waals surface area contributed by atoms with E-state index in [0.717, 1.165) is 24.7 Å². The van der Waals surface area contributed by atoms with Gasteiger partial charge in [-0.1, -0.05) is 11.6 Å². The van der Waals surface area contributed by atoms with Crippen molar-refractivity contribution in [3.8, 4) is 11.5 Å². The summed E-state index contributed by atoms with van der Waals surface area (Å²) in [6, 6.07) is 2.05. The summed E-state index contributed by atoms with van der Waals surface area (Å²) in [5.74, 6) is -1.75. The van der Waals surface area contributed by atoms with Crippen LogP contribution >= 0.6 is 11.6 Å². The molecule has 1 aromatic heterocycles. The zero-order valence-corrected chi connectivity index (χ0v) is 9.84. The van der Waals surface area contributed by atoms with E-state index in [1.165, 1.54) is 0 Å². The predicted molar refractivity (Wildman–Crippen MR) is 58.5 cm³/mol. The van der Waals surface area contributed by atoms with E-state index in [2.05, 4.69) is 9.97 Å². The molecule has 0 aliphatic carbocycles. The molecule has 3 nitrogen and oxygen atoms in total. The lowest BCUT2D eigenvalue weighted by atomic mass is 10.2. The molecule has 0 saturated carbocycles. The number of nitrogens with zero attached hydrogens (tertiary/aromatic N) is 2. The van der Waals surface area contributed by atoms with Crippen molar-refractivity contribution in [2.24, 2.45) is 0 Å². The maximum atomic E-state index is 12.9. The monoisotopic (exact) mass is 292 g/mol. The molecule has 0 atom stereocenters. The fourth-order valence-electron chi connectivity index (χ4n) is 1.30. The number of hydrogen-bond acceptors (Lipinski definition) is 3. The summed E-state index contributed by atoms with van der Waals surface area (Å²) in [6.45, 7) is 0. The molecule has 0 unspecified atom stereocenters. The first-order chi connectivity index (χ1) is 8.88. The molecule has 0 bridgehead atoms. The smallest absolute Gasteiger partial charge is 0.420 e. The Morgan fingerprint density at radius 1 is 1.16 bits per heavy atom. The average molecular weight is 293 g/mol. The van der Waals surface area contributed by atoms with Gasteiger partial charge in [-0.25, -0.2) is 14.4 Å². The van der Waals surface area contributed by atoms with Gasteiger partial charge in [-0.05, 0) is 18.2 Å². The van der Waals surface area contributed by atoms with Crippen molar-refractivity contribution in [1.29, 1.82) is 0 Å². The minimum atomic E-state index is -4.75. The number of ether oxygens (including phenoxy) is 1. The van der Waals surface area contributed by atoms with Crippen molar-refractivity contribution >= 4 is 11.6 Å². The van der Waals surface area contributed by atoms with Gasteiger partial charge in [0.1, 0.15) is 23.5 Å². The molecule has 8 heteroatoms. The van der Waals surface area contributed by atoms with E-state index in [1.807, 2.05) is 0 Å². The van der Waals surface area contributed by atoms with Crippen LogP contribution in [0.5, 0.6) is 11.5 Å². The van der Waals surface area contributed by atoms with Gasteiger partial charge in [-0.15, -0.1) is 0 Å². The lowest BCUT2D eigenvalue weighted by Gasteiger charge is -2.13. The largest absolute Gasteiger partial charge is 0.452 e. The van der Waals surface area contributed by atoms with Gasteiger partial charge in [0.2, 0.25) is 0 Å². The van der Waals surface area contributed by atoms with Crippen molar-refractivity contribution < 1.29 is 22.3 Å². The van der Waals surface area contributed by atoms with Crippen molar-refractivity contribution in [3.63, 3.8) is 0 Å². The van der Waals surface area contributed by atoms with Crippen LogP contribution in [0, 0.1) is 5.82 Å². The van der Waals surface area contributed by atoms with E-state index in [4.69, 9.17) is 16.3 Å². The van der Waals surface area contributed by atoms with Crippen molar-refractivity contribution in [2.45, 2.75) is 6.18 Å². The van der Waals surface area contributed by atoms with Crippen LogP contribution in [0.2, 0.25) is 5.15 Å². The van der Waals surface area contributed by atoms with Crippen LogP contribution in [0.25, 0.3) is 0 Å². The Morgan fingerprint density at radius 2 is 1.89 bits per heavy atom. The summed E-state index contributed by atoms with van der Waals surface area (Å²) in [4.78, 5) is 7.13. The molecule has 1 heterocycles. The van der Waals surface area contributed by atoms with Gasteiger partial charge < -0.3 is 4.74 Å². The van der Waals surface area contributed by atoms with Gasteiger partial charge in [0.05, 0.1) is 6.20 Å². The third-order valence-corrected chi connectivity index (χ3v) is 2.38. The summed E-state index contributed by atoms with van der Waals surface area (Å²) in [6.07, 6.45) is -2.52. The van der Waals surface area contributed by atoms with Crippen LogP contribution in [0.15, 0.2) is 30.7 Å². The number of hydrogen-bond donors (Lipinski definition) is 0. The fourth-order valence-corrected chi connectivity index (χ4v) is 1.43. The lowest BCUT2D eigenvalue weighted by molar-refractivity contribution is -0.138. The summed E-state index contributed by atoms with van der Waals surface area (Å²) < 4.78 is 56.0. The SMILES string of the molecule is Fc1ccc(Oc2cncnc2Cl)c(C(F)(F)F)c1. The second kappa shape index (κ2) is 5.00. The van der Waals surface area contributed by atoms with Gasteiger partial charge >= 0.3 is 6.18 Å². The molecule has 2 aromatic rings. The number of aromatic nitrogens is 2. The maximum absolute atomic E-state index is 12.9. The topological polar surface area (TPSA) is 35.0 Å². The van der Waals surface area contributed by atoms with Gasteiger partial charge in [0, 0.05) is 0 Å². The lowest BCUT2D eigenvalue weighted by Crippen LogP contribution is -2.08. The number of halogens is 5. The molecular formula is C11H5ClF4N2O. The fraction of sp³-hybridized carbons (Fsp3) is 0.0909. The summed E-state index contributed by atoms with van der Waals surface area (Å²) in [5, 5.41) is -0.146. The minimum Gasteiger partial charge on any atom is -0.452 e. The Hall–Kier alpha value is -1.89. The van der Waals surface area contributed by atoms with E-state index in [-0.39, 0.29) is 10.9 Å². The van der Waals surface area contributed by atoms with E-state index < -0.39 is 23.3 Å². The minimum absolute atomic E-state index is 0.146. The molecule has 19 heavy (non-hydrogen) atoms. The standard InChI is InChI=1S/C11H5ClF4N2O/c12-10-9(4-17-5-18-10)19-8-2-1-6(13)3-7(8)11(14,15)16/h1-5H. The van der Waals surface area contributed by atoms with E-state index in [1.54, 1.807) is 0 Å². The molecule has 0 fully saturated rings. The summed E-state index contributed by atoms with van der Waals surface area (Å²) in [5.41, 5.74) is -1.24. The normalized spacial score (nSPS) is 11.4. The first-order valence-electron chi connectivity index (χ1n) is 4.88. The molecule has 1 aromatic carbocycles. The zero-order valence-electron chi connectivity index (χ0n) is 9.08. The van der Waals surface area contributed by atoms with E-state index >= 15 is 0 Å². The van der Waals surface area contributed by atoms with Gasteiger partial charge in [-0.3, -0.25) is 0 Å². The Morgan fingerprint density at radius 3 is 2.53 bits per heavy atom. The second-order valence-electron chi connectivity index (χ2n) is 3.42. The van der Waals surface area contributed by atoms with Crippen LogP contribution < -0.4 is 4.74 Å². The van der Waals surface area contributed by atoms with E-state index in [9.17, 15) is 17.6 Å². The average Bonchev–Trinajstić information content (AvgIpc) is 2.33. The molecule has 0 radical (unpaired) electrons. The Bertz CT molecular complexity index is 603. The molecule has 0 aliphatic rings. The first kappa shape index (κ1) is 13.5. The van der Waals surface area contributed by atoms with Crippen molar-refractivity contribution in [2.75, 3.05) is 0 Å². The number of alkyl halides is 3. The van der Waals surface area contributed by atoms with Crippen LogP contribution in [0.1, 0.15) is 5.56 Å². The highest BCUT2D eigenvalue weighted by atomic mass is 35.5. The number of benzene rings is 1. The van der Waals surface area contributed by atoms with Crippen molar-refractivity contribution in [3.05, 3.63) is 47.3 Å². The molecule has 0 saturated heterocycles. The highest BCUT2D eigenvalue weighted by molar-refractivity contribution is 6.30. The number of rotatable bonds is 2. The predicted octanol–water partition coefficient (Wildman–Crippen LogP) is 4.08. The second-order valence-corrected chi connectivity index (χ2v) is 3.78. The van der Waals surface area contributed by atoms with Crippen LogP contribution in [0.3, 0.4) is 0 Å². The molecule has 0 amide bonds. The molecule has 0 aliphatic heterocycles. The Balaban J connectivity index is 2.44. The van der Waals surface area contributed by atoms with E-state index in [0.29, 0.717) is 6.07 Å². The molecular weight excluding hydrogens is 288 g/mol. The van der Waals surface area contributed by atoms with Gasteiger partial charge in [-0.2, -0.15) is 13.2 Å². The van der Waals surface area contributed by atoms with Crippen LogP contribution in [-0.2, 0) is 6.18 Å². The highest BCUT2D eigenvalue weighted by Gasteiger charge is 2.35. The highest BCUT2D eigenvalue weighted by Crippen LogP contribution is 2.39. The third-order valence-electron chi connectivity index (χ3n) is 2.10. The quantitative estimate of drug-likeness (QED) is 0.618. The molecule has 0 N–H and O–H groups in total. The van der Waals surface area contributed by atoms with Gasteiger partial charge in [0.25, 0.3) is 0 Å².